The van der Waals surface area contributed by atoms with E-state index in [0.717, 1.165) is 12.5 Å². The third-order valence-electron chi connectivity index (χ3n) is 1.26. The Kier molecular flexibility index (Phi) is 5.89. The molecule has 0 saturated heterocycles. The lowest BCUT2D eigenvalue weighted by Gasteiger charge is -2.19. The largest absolute Gasteiger partial charge is 0.419 e. The molecule has 0 spiro atoms. The van der Waals surface area contributed by atoms with Gasteiger partial charge in [-0.15, -0.1) is 0 Å². The molecule has 0 radical (unpaired) electrons. The van der Waals surface area contributed by atoms with Crippen LogP contribution in [0.4, 0.5) is 0 Å². The monoisotopic (exact) mass is 187 g/mol. The summed E-state index contributed by atoms with van der Waals surface area (Å²) < 4.78 is 5.61. The summed E-state index contributed by atoms with van der Waals surface area (Å²) >= 11 is 0. The SMILES string of the molecule is CC(C)(C)O[SiH2]CCCN=C=O. The van der Waals surface area contributed by atoms with Crippen molar-refractivity contribution in [3.05, 3.63) is 0 Å². The molecule has 0 unspecified atom stereocenters. The van der Waals surface area contributed by atoms with Crippen LogP contribution >= 0.6 is 0 Å². The summed E-state index contributed by atoms with van der Waals surface area (Å²) in [7, 11) is -0.411. The molecule has 70 valence electrons. The Morgan fingerprint density at radius 2 is 2.17 bits per heavy atom. The number of isocyanates is 1. The summed E-state index contributed by atoms with van der Waals surface area (Å²) in [4.78, 5) is 13.2. The van der Waals surface area contributed by atoms with Crippen LogP contribution < -0.4 is 0 Å². The summed E-state index contributed by atoms with van der Waals surface area (Å²) in [6.45, 7) is 6.78. The molecule has 0 aliphatic carbocycles. The van der Waals surface area contributed by atoms with Crippen LogP contribution in [0.1, 0.15) is 27.2 Å². The summed E-state index contributed by atoms with van der Waals surface area (Å²) in [5.41, 5.74) is 0.000148. The van der Waals surface area contributed by atoms with Crippen LogP contribution in [0.25, 0.3) is 0 Å². The molecule has 0 atom stereocenters. The fourth-order valence-corrected chi connectivity index (χ4v) is 1.90. The van der Waals surface area contributed by atoms with E-state index in [1.54, 1.807) is 0 Å². The van der Waals surface area contributed by atoms with Crippen LogP contribution in [0.5, 0.6) is 0 Å². The average Bonchev–Trinajstić information content (AvgIpc) is 1.94. The van der Waals surface area contributed by atoms with Gasteiger partial charge in [-0.1, -0.05) is 0 Å². The molecule has 0 aromatic rings. The first-order chi connectivity index (χ1) is 5.56. The van der Waals surface area contributed by atoms with Gasteiger partial charge in [-0.05, 0) is 33.2 Å². The molecular formula is C8H17NO2Si. The zero-order valence-electron chi connectivity index (χ0n) is 8.09. The molecule has 0 N–H and O–H groups in total. The minimum atomic E-state index is -0.411. The molecule has 0 bridgehead atoms. The molecule has 0 aromatic heterocycles. The van der Waals surface area contributed by atoms with E-state index in [2.05, 4.69) is 25.8 Å². The van der Waals surface area contributed by atoms with Crippen LogP contribution in [0, 0.1) is 0 Å². The maximum absolute atomic E-state index is 9.69. The summed E-state index contributed by atoms with van der Waals surface area (Å²) in [5, 5.41) is 0. The third-order valence-corrected chi connectivity index (χ3v) is 3.12. The van der Waals surface area contributed by atoms with Crippen LogP contribution in [0.15, 0.2) is 4.99 Å². The van der Waals surface area contributed by atoms with Gasteiger partial charge in [-0.3, -0.25) is 0 Å². The molecule has 0 rings (SSSR count). The molecular weight excluding hydrogens is 170 g/mol. The van der Waals surface area contributed by atoms with E-state index in [-0.39, 0.29) is 5.60 Å². The fourth-order valence-electron chi connectivity index (χ4n) is 0.717. The van der Waals surface area contributed by atoms with Crippen LogP contribution in [-0.2, 0) is 9.22 Å². The van der Waals surface area contributed by atoms with Crippen molar-refractivity contribution >= 4 is 15.8 Å². The molecule has 4 heteroatoms. The van der Waals surface area contributed by atoms with Crippen molar-refractivity contribution in [3.8, 4) is 0 Å². The summed E-state index contributed by atoms with van der Waals surface area (Å²) in [5.74, 6) is 0. The molecule has 0 aliphatic heterocycles. The molecule has 12 heavy (non-hydrogen) atoms. The van der Waals surface area contributed by atoms with Crippen molar-refractivity contribution in [2.45, 2.75) is 38.8 Å². The fraction of sp³-hybridized carbons (Fsp3) is 0.875. The second kappa shape index (κ2) is 6.12. The van der Waals surface area contributed by atoms with Crippen LogP contribution in [0.2, 0.25) is 6.04 Å². The van der Waals surface area contributed by atoms with E-state index < -0.39 is 9.76 Å². The molecule has 0 heterocycles. The first-order valence-corrected chi connectivity index (χ1v) is 5.81. The first kappa shape index (κ1) is 11.6. The maximum atomic E-state index is 9.69. The minimum absolute atomic E-state index is 0.000148. The van der Waals surface area contributed by atoms with Gasteiger partial charge in [0.25, 0.3) is 0 Å². The van der Waals surface area contributed by atoms with E-state index in [1.807, 2.05) is 0 Å². The minimum Gasteiger partial charge on any atom is -0.419 e. The quantitative estimate of drug-likeness (QED) is 0.279. The number of nitrogens with zero attached hydrogens (tertiary/aromatic N) is 1. The normalized spacial score (nSPS) is 11.9. The van der Waals surface area contributed by atoms with E-state index in [1.165, 1.54) is 6.08 Å². The highest BCUT2D eigenvalue weighted by Gasteiger charge is 2.08. The number of rotatable bonds is 5. The lowest BCUT2D eigenvalue weighted by atomic mass is 10.2. The highest BCUT2D eigenvalue weighted by molar-refractivity contribution is 6.27. The third kappa shape index (κ3) is 9.56. The Hall–Kier alpha value is -0.443. The van der Waals surface area contributed by atoms with Crippen molar-refractivity contribution in [2.24, 2.45) is 4.99 Å². The Morgan fingerprint density at radius 1 is 1.50 bits per heavy atom. The van der Waals surface area contributed by atoms with Crippen molar-refractivity contribution in [1.82, 2.24) is 0 Å². The van der Waals surface area contributed by atoms with Crippen molar-refractivity contribution in [2.75, 3.05) is 6.54 Å². The van der Waals surface area contributed by atoms with E-state index in [4.69, 9.17) is 4.43 Å². The predicted octanol–water partition coefficient (Wildman–Crippen LogP) is 1.03. The topological polar surface area (TPSA) is 38.7 Å². The highest BCUT2D eigenvalue weighted by atomic mass is 28.2. The van der Waals surface area contributed by atoms with Gasteiger partial charge in [-0.25, -0.2) is 9.79 Å². The first-order valence-electron chi connectivity index (χ1n) is 4.24. The Bertz CT molecular complexity index is 159. The molecule has 0 aliphatic rings. The zero-order chi connectivity index (χ0) is 9.45. The lowest BCUT2D eigenvalue weighted by molar-refractivity contribution is 0.138. The van der Waals surface area contributed by atoms with E-state index in [0.29, 0.717) is 6.54 Å². The number of aliphatic imine (C=N–C) groups is 1. The van der Waals surface area contributed by atoms with E-state index >= 15 is 0 Å². The molecule has 0 aromatic carbocycles. The molecule has 3 nitrogen and oxygen atoms in total. The second-order valence-electron chi connectivity index (χ2n) is 3.64. The predicted molar refractivity (Wildman–Crippen MR) is 51.8 cm³/mol. The molecule has 0 fully saturated rings. The second-order valence-corrected chi connectivity index (χ2v) is 5.04. The number of carbonyl (C=O) groups excluding carboxylic acids is 1. The maximum Gasteiger partial charge on any atom is 0.234 e. The average molecular weight is 187 g/mol. The Balaban J connectivity index is 3.16. The van der Waals surface area contributed by atoms with Gasteiger partial charge in [0.2, 0.25) is 6.08 Å². The van der Waals surface area contributed by atoms with E-state index in [9.17, 15) is 4.79 Å². The molecule has 0 amide bonds. The number of hydrogen-bond acceptors (Lipinski definition) is 3. The van der Waals surface area contributed by atoms with Gasteiger partial charge in [0.15, 0.2) is 9.76 Å². The van der Waals surface area contributed by atoms with Crippen molar-refractivity contribution in [1.29, 1.82) is 0 Å². The van der Waals surface area contributed by atoms with Gasteiger partial charge in [0.05, 0.1) is 6.54 Å². The Labute approximate surface area is 76.2 Å². The van der Waals surface area contributed by atoms with Crippen LogP contribution in [-0.4, -0.2) is 28.0 Å². The van der Waals surface area contributed by atoms with Crippen LogP contribution in [0.3, 0.4) is 0 Å². The standard InChI is InChI=1S/C8H17NO2Si/c1-8(2,3)11-12-6-4-5-9-7-10/h4-6,12H2,1-3H3. The van der Waals surface area contributed by atoms with Gasteiger partial charge >= 0.3 is 0 Å². The van der Waals surface area contributed by atoms with Gasteiger partial charge in [0.1, 0.15) is 0 Å². The summed E-state index contributed by atoms with van der Waals surface area (Å²) in [6.07, 6.45) is 2.48. The van der Waals surface area contributed by atoms with Gasteiger partial charge in [-0.2, -0.15) is 0 Å². The van der Waals surface area contributed by atoms with Gasteiger partial charge in [0, 0.05) is 5.60 Å². The smallest absolute Gasteiger partial charge is 0.234 e. The lowest BCUT2D eigenvalue weighted by Crippen LogP contribution is -2.21. The summed E-state index contributed by atoms with van der Waals surface area (Å²) in [6, 6.07) is 1.09. The van der Waals surface area contributed by atoms with Gasteiger partial charge < -0.3 is 4.43 Å². The molecule has 0 saturated carbocycles. The van der Waals surface area contributed by atoms with Crippen molar-refractivity contribution in [3.63, 3.8) is 0 Å². The zero-order valence-corrected chi connectivity index (χ0v) is 9.51. The van der Waals surface area contributed by atoms with Crippen molar-refractivity contribution < 1.29 is 9.22 Å². The highest BCUT2D eigenvalue weighted by Crippen LogP contribution is 2.06. The number of hydrogen-bond donors (Lipinski definition) is 0. The Morgan fingerprint density at radius 3 is 2.67 bits per heavy atom.